The van der Waals surface area contributed by atoms with E-state index in [0.717, 1.165) is 29.9 Å². The van der Waals surface area contributed by atoms with Gasteiger partial charge in [-0.3, -0.25) is 0 Å². The molecule has 19 heavy (non-hydrogen) atoms. The van der Waals surface area contributed by atoms with Gasteiger partial charge in [-0.05, 0) is 37.3 Å². The second-order valence-electron chi connectivity index (χ2n) is 5.31. The third kappa shape index (κ3) is 2.63. The van der Waals surface area contributed by atoms with Crippen molar-refractivity contribution < 1.29 is 8.42 Å². The zero-order chi connectivity index (χ0) is 13.5. The fourth-order valence-electron chi connectivity index (χ4n) is 2.71. The molecule has 102 valence electrons. The highest BCUT2D eigenvalue weighted by Crippen LogP contribution is 2.21. The molecule has 0 radical (unpaired) electrons. The second-order valence-corrected chi connectivity index (χ2v) is 7.54. The van der Waals surface area contributed by atoms with E-state index in [1.165, 1.54) is 0 Å². The molecule has 0 aromatic carbocycles. The summed E-state index contributed by atoms with van der Waals surface area (Å²) >= 11 is 0. The molecular formula is C13H17N3O2S. The summed E-state index contributed by atoms with van der Waals surface area (Å²) in [6, 6.07) is 3.94. The highest BCUT2D eigenvalue weighted by molar-refractivity contribution is 7.91. The van der Waals surface area contributed by atoms with E-state index in [4.69, 9.17) is 0 Å². The Hall–Kier alpha value is -1.43. The van der Waals surface area contributed by atoms with Gasteiger partial charge < -0.3 is 0 Å². The van der Waals surface area contributed by atoms with Gasteiger partial charge in [-0.1, -0.05) is 6.07 Å². The average Bonchev–Trinajstić information content (AvgIpc) is 2.71. The van der Waals surface area contributed by atoms with Crippen LogP contribution in [0.4, 0.5) is 0 Å². The number of nitrogens with zero attached hydrogens (tertiary/aromatic N) is 3. The predicted octanol–water partition coefficient (Wildman–Crippen LogP) is 1.41. The van der Waals surface area contributed by atoms with Crippen LogP contribution < -0.4 is 0 Å². The summed E-state index contributed by atoms with van der Waals surface area (Å²) in [6.45, 7) is 2.00. The van der Waals surface area contributed by atoms with Gasteiger partial charge in [0, 0.05) is 12.6 Å². The third-order valence-electron chi connectivity index (χ3n) is 3.63. The standard InChI is InChI=1S/C13H17N3O2S/c1-10-4-2-6-16-13(10)14-12(15-16)8-11-5-3-7-19(17,18)9-11/h2,4,6,11H,3,5,7-9H2,1H3. The Labute approximate surface area is 112 Å². The van der Waals surface area contributed by atoms with Crippen molar-refractivity contribution >= 4 is 15.5 Å². The highest BCUT2D eigenvalue weighted by atomic mass is 32.2. The van der Waals surface area contributed by atoms with Crippen molar-refractivity contribution in [1.29, 1.82) is 0 Å². The van der Waals surface area contributed by atoms with Crippen LogP contribution in [0.1, 0.15) is 24.2 Å². The first-order valence-electron chi connectivity index (χ1n) is 6.55. The molecule has 2 aromatic heterocycles. The molecule has 0 aliphatic carbocycles. The van der Waals surface area contributed by atoms with E-state index in [0.29, 0.717) is 12.2 Å². The summed E-state index contributed by atoms with van der Waals surface area (Å²) in [5, 5.41) is 4.43. The molecule has 0 spiro atoms. The molecule has 1 aliphatic heterocycles. The van der Waals surface area contributed by atoms with Gasteiger partial charge in [0.1, 0.15) is 0 Å². The van der Waals surface area contributed by atoms with Crippen molar-refractivity contribution in [3.63, 3.8) is 0 Å². The number of aryl methyl sites for hydroxylation is 1. The number of aromatic nitrogens is 3. The van der Waals surface area contributed by atoms with Crippen molar-refractivity contribution in [3.05, 3.63) is 29.7 Å². The molecular weight excluding hydrogens is 262 g/mol. The Balaban J connectivity index is 1.84. The van der Waals surface area contributed by atoms with Crippen molar-refractivity contribution in [2.75, 3.05) is 11.5 Å². The van der Waals surface area contributed by atoms with Crippen molar-refractivity contribution in [2.24, 2.45) is 5.92 Å². The van der Waals surface area contributed by atoms with Gasteiger partial charge in [-0.2, -0.15) is 5.10 Å². The van der Waals surface area contributed by atoms with Crippen LogP contribution in [0.3, 0.4) is 0 Å². The minimum atomic E-state index is -2.85. The van der Waals surface area contributed by atoms with E-state index in [2.05, 4.69) is 10.1 Å². The Bertz CT molecular complexity index is 706. The minimum absolute atomic E-state index is 0.163. The van der Waals surface area contributed by atoms with Crippen LogP contribution in [0.2, 0.25) is 0 Å². The van der Waals surface area contributed by atoms with Crippen molar-refractivity contribution in [1.82, 2.24) is 14.6 Å². The van der Waals surface area contributed by atoms with E-state index < -0.39 is 9.84 Å². The highest BCUT2D eigenvalue weighted by Gasteiger charge is 2.26. The number of fused-ring (bicyclic) bond motifs is 1. The van der Waals surface area contributed by atoms with Gasteiger partial charge >= 0.3 is 0 Å². The molecule has 6 heteroatoms. The molecule has 0 saturated carbocycles. The first kappa shape index (κ1) is 12.6. The molecule has 1 aliphatic rings. The monoisotopic (exact) mass is 279 g/mol. The molecule has 5 nitrogen and oxygen atoms in total. The summed E-state index contributed by atoms with van der Waals surface area (Å²) in [5.74, 6) is 1.52. The fourth-order valence-corrected chi connectivity index (χ4v) is 4.48. The van der Waals surface area contributed by atoms with Crippen LogP contribution in [0.15, 0.2) is 18.3 Å². The predicted molar refractivity (Wildman–Crippen MR) is 72.8 cm³/mol. The zero-order valence-corrected chi connectivity index (χ0v) is 11.7. The van der Waals surface area contributed by atoms with Gasteiger partial charge in [0.2, 0.25) is 0 Å². The Kier molecular flexibility index (Phi) is 3.05. The van der Waals surface area contributed by atoms with Crippen LogP contribution >= 0.6 is 0 Å². The van der Waals surface area contributed by atoms with Crippen molar-refractivity contribution in [3.8, 4) is 0 Å². The summed E-state index contributed by atoms with van der Waals surface area (Å²) in [7, 11) is -2.85. The number of pyridine rings is 1. The molecule has 0 N–H and O–H groups in total. The summed E-state index contributed by atoms with van der Waals surface area (Å²) in [4.78, 5) is 4.51. The summed E-state index contributed by atoms with van der Waals surface area (Å²) in [6.07, 6.45) is 4.24. The molecule has 1 unspecified atom stereocenters. The molecule has 1 saturated heterocycles. The molecule has 1 atom stereocenters. The van der Waals surface area contributed by atoms with E-state index in [9.17, 15) is 8.42 Å². The van der Waals surface area contributed by atoms with Gasteiger partial charge in [0.25, 0.3) is 0 Å². The maximum Gasteiger partial charge on any atom is 0.158 e. The lowest BCUT2D eigenvalue weighted by atomic mass is 10.0. The van der Waals surface area contributed by atoms with Crippen LogP contribution in [-0.4, -0.2) is 34.5 Å². The zero-order valence-electron chi connectivity index (χ0n) is 10.9. The summed E-state index contributed by atoms with van der Waals surface area (Å²) < 4.78 is 25.0. The van der Waals surface area contributed by atoms with Gasteiger partial charge in [-0.25, -0.2) is 17.9 Å². The Morgan fingerprint density at radius 3 is 3.05 bits per heavy atom. The van der Waals surface area contributed by atoms with Crippen LogP contribution in [0, 0.1) is 12.8 Å². The molecule has 3 rings (SSSR count). The summed E-state index contributed by atoms with van der Waals surface area (Å²) in [5.41, 5.74) is 1.94. The largest absolute Gasteiger partial charge is 0.229 e. The topological polar surface area (TPSA) is 64.3 Å². The number of sulfone groups is 1. The molecule has 0 bridgehead atoms. The number of rotatable bonds is 2. The molecule has 3 heterocycles. The van der Waals surface area contributed by atoms with E-state index in [1.807, 2.05) is 25.3 Å². The second kappa shape index (κ2) is 4.59. The van der Waals surface area contributed by atoms with Crippen molar-refractivity contribution in [2.45, 2.75) is 26.2 Å². The van der Waals surface area contributed by atoms with Crippen LogP contribution in [0.5, 0.6) is 0 Å². The van der Waals surface area contributed by atoms with E-state index >= 15 is 0 Å². The SMILES string of the molecule is Cc1cccn2nc(CC3CCCS(=O)(=O)C3)nc12. The maximum absolute atomic E-state index is 11.6. The quantitative estimate of drug-likeness (QED) is 0.833. The molecule has 1 fully saturated rings. The van der Waals surface area contributed by atoms with Gasteiger partial charge in [0.05, 0.1) is 11.5 Å². The minimum Gasteiger partial charge on any atom is -0.229 e. The van der Waals surface area contributed by atoms with Crippen LogP contribution in [-0.2, 0) is 16.3 Å². The first-order valence-corrected chi connectivity index (χ1v) is 8.37. The lowest BCUT2D eigenvalue weighted by molar-refractivity contribution is 0.475. The Morgan fingerprint density at radius 1 is 1.47 bits per heavy atom. The van der Waals surface area contributed by atoms with Gasteiger partial charge in [0.15, 0.2) is 21.3 Å². The lowest BCUT2D eigenvalue weighted by Gasteiger charge is -2.20. The molecule has 2 aromatic rings. The van der Waals surface area contributed by atoms with E-state index in [1.54, 1.807) is 4.52 Å². The van der Waals surface area contributed by atoms with E-state index in [-0.39, 0.29) is 11.7 Å². The third-order valence-corrected chi connectivity index (χ3v) is 5.52. The number of hydrogen-bond donors (Lipinski definition) is 0. The normalized spacial score (nSPS) is 22.7. The maximum atomic E-state index is 11.6. The number of hydrogen-bond acceptors (Lipinski definition) is 4. The average molecular weight is 279 g/mol. The first-order chi connectivity index (χ1) is 9.03. The van der Waals surface area contributed by atoms with Gasteiger partial charge in [-0.15, -0.1) is 0 Å². The molecule has 0 amide bonds. The Morgan fingerprint density at radius 2 is 2.32 bits per heavy atom. The fraction of sp³-hybridized carbons (Fsp3) is 0.538. The smallest absolute Gasteiger partial charge is 0.158 e. The van der Waals surface area contributed by atoms with Crippen LogP contribution in [0.25, 0.3) is 5.65 Å². The lowest BCUT2D eigenvalue weighted by Crippen LogP contribution is -2.26.